The van der Waals surface area contributed by atoms with E-state index in [0.29, 0.717) is 0 Å². The van der Waals surface area contributed by atoms with E-state index in [1.807, 2.05) is 13.8 Å². The fraction of sp³-hybridized carbons (Fsp3) is 0.222. The monoisotopic (exact) mass is 166 g/mol. The summed E-state index contributed by atoms with van der Waals surface area (Å²) in [6.45, 7) is 3.77. The van der Waals surface area contributed by atoms with Gasteiger partial charge in [0.2, 0.25) is 0 Å². The highest BCUT2D eigenvalue weighted by atomic mass is 19.1. The van der Waals surface area contributed by atoms with Crippen LogP contribution in [0.3, 0.4) is 0 Å². The Bertz CT molecular complexity index is 273. The van der Waals surface area contributed by atoms with E-state index >= 15 is 0 Å². The molecule has 0 fully saturated rings. The van der Waals surface area contributed by atoms with Gasteiger partial charge < -0.3 is 0 Å². The largest absolute Gasteiger partial charge is 0.279 e. The molecule has 0 aliphatic carbocycles. The van der Waals surface area contributed by atoms with Crippen molar-refractivity contribution in [3.63, 3.8) is 0 Å². The van der Waals surface area contributed by atoms with Gasteiger partial charge in [-0.05, 0) is 38.1 Å². The van der Waals surface area contributed by atoms with Crippen LogP contribution in [-0.2, 0) is 0 Å². The Hall–Kier alpha value is -1.38. The third-order valence-corrected chi connectivity index (χ3v) is 1.25. The molecule has 0 bridgehead atoms. The van der Waals surface area contributed by atoms with Gasteiger partial charge in [0, 0.05) is 5.71 Å². The van der Waals surface area contributed by atoms with E-state index in [2.05, 4.69) is 10.5 Å². The van der Waals surface area contributed by atoms with Gasteiger partial charge in [-0.15, -0.1) is 0 Å². The van der Waals surface area contributed by atoms with Crippen LogP contribution in [0.25, 0.3) is 0 Å². The molecule has 0 radical (unpaired) electrons. The van der Waals surface area contributed by atoms with E-state index < -0.39 is 0 Å². The van der Waals surface area contributed by atoms with E-state index in [-0.39, 0.29) is 5.82 Å². The van der Waals surface area contributed by atoms with Crippen LogP contribution in [0.5, 0.6) is 0 Å². The zero-order valence-electron chi connectivity index (χ0n) is 7.13. The van der Waals surface area contributed by atoms with E-state index in [1.165, 1.54) is 12.1 Å². The molecular formula is C9H11FN2. The van der Waals surface area contributed by atoms with Crippen molar-refractivity contribution in [2.24, 2.45) is 5.10 Å². The predicted molar refractivity (Wildman–Crippen MR) is 48.8 cm³/mol. The average molecular weight is 166 g/mol. The molecule has 12 heavy (non-hydrogen) atoms. The molecule has 0 atom stereocenters. The van der Waals surface area contributed by atoms with Gasteiger partial charge >= 0.3 is 0 Å². The van der Waals surface area contributed by atoms with Crippen molar-refractivity contribution in [3.05, 3.63) is 30.1 Å². The van der Waals surface area contributed by atoms with Crippen LogP contribution < -0.4 is 5.43 Å². The van der Waals surface area contributed by atoms with Crippen molar-refractivity contribution in [1.82, 2.24) is 0 Å². The van der Waals surface area contributed by atoms with Gasteiger partial charge in [0.25, 0.3) is 0 Å². The molecule has 64 valence electrons. The first-order valence-corrected chi connectivity index (χ1v) is 3.71. The van der Waals surface area contributed by atoms with Crippen LogP contribution in [0.2, 0.25) is 0 Å². The molecule has 0 spiro atoms. The van der Waals surface area contributed by atoms with Gasteiger partial charge in [-0.3, -0.25) is 5.43 Å². The van der Waals surface area contributed by atoms with Gasteiger partial charge in [-0.2, -0.15) is 5.10 Å². The Labute approximate surface area is 71.1 Å². The number of anilines is 1. The van der Waals surface area contributed by atoms with E-state index in [0.717, 1.165) is 11.4 Å². The molecule has 0 aliphatic heterocycles. The SMILES string of the molecule is CC(C)=NNc1ccc(F)cc1. The molecule has 1 N–H and O–H groups in total. The van der Waals surface area contributed by atoms with E-state index in [4.69, 9.17) is 0 Å². The van der Waals surface area contributed by atoms with E-state index in [1.54, 1.807) is 12.1 Å². The van der Waals surface area contributed by atoms with Crippen molar-refractivity contribution >= 4 is 11.4 Å². The lowest BCUT2D eigenvalue weighted by molar-refractivity contribution is 0.628. The Morgan fingerprint density at radius 2 is 1.83 bits per heavy atom. The molecule has 0 saturated carbocycles. The van der Waals surface area contributed by atoms with Gasteiger partial charge in [0.05, 0.1) is 5.69 Å². The molecule has 1 aromatic carbocycles. The standard InChI is InChI=1S/C9H11FN2/c1-7(2)11-12-9-5-3-8(10)4-6-9/h3-6,12H,1-2H3. The molecule has 1 aromatic rings. The fourth-order valence-corrected chi connectivity index (χ4v) is 0.701. The van der Waals surface area contributed by atoms with Crippen molar-refractivity contribution in [1.29, 1.82) is 0 Å². The minimum atomic E-state index is -0.238. The summed E-state index contributed by atoms with van der Waals surface area (Å²) < 4.78 is 12.4. The van der Waals surface area contributed by atoms with Crippen LogP contribution in [0, 0.1) is 5.82 Å². The summed E-state index contributed by atoms with van der Waals surface area (Å²) in [7, 11) is 0. The maximum Gasteiger partial charge on any atom is 0.123 e. The van der Waals surface area contributed by atoms with Crippen LogP contribution in [0.15, 0.2) is 29.4 Å². The first kappa shape index (κ1) is 8.71. The summed E-state index contributed by atoms with van der Waals surface area (Å²) in [5, 5.41) is 3.97. The minimum absolute atomic E-state index is 0.238. The highest BCUT2D eigenvalue weighted by Gasteiger charge is 1.89. The Balaban J connectivity index is 2.65. The van der Waals surface area contributed by atoms with Crippen molar-refractivity contribution in [2.75, 3.05) is 5.43 Å². The molecule has 0 unspecified atom stereocenters. The fourth-order valence-electron chi connectivity index (χ4n) is 0.701. The van der Waals surface area contributed by atoms with Crippen LogP contribution >= 0.6 is 0 Å². The molecule has 0 saturated heterocycles. The second kappa shape index (κ2) is 3.85. The van der Waals surface area contributed by atoms with E-state index in [9.17, 15) is 4.39 Å². The minimum Gasteiger partial charge on any atom is -0.279 e. The highest BCUT2D eigenvalue weighted by molar-refractivity contribution is 5.79. The lowest BCUT2D eigenvalue weighted by atomic mass is 10.3. The summed E-state index contributed by atoms with van der Waals surface area (Å²) >= 11 is 0. The Morgan fingerprint density at radius 1 is 1.25 bits per heavy atom. The normalized spacial score (nSPS) is 9.25. The number of nitrogens with one attached hydrogen (secondary N) is 1. The first-order valence-electron chi connectivity index (χ1n) is 3.71. The summed E-state index contributed by atoms with van der Waals surface area (Å²) in [6, 6.07) is 6.06. The molecule has 0 heterocycles. The lowest BCUT2D eigenvalue weighted by Gasteiger charge is -1.99. The van der Waals surface area contributed by atoms with Crippen molar-refractivity contribution in [2.45, 2.75) is 13.8 Å². The smallest absolute Gasteiger partial charge is 0.123 e. The van der Waals surface area contributed by atoms with Crippen molar-refractivity contribution < 1.29 is 4.39 Å². The summed E-state index contributed by atoms with van der Waals surface area (Å²) in [6.07, 6.45) is 0. The third kappa shape index (κ3) is 2.70. The molecule has 3 heteroatoms. The number of benzene rings is 1. The van der Waals surface area contributed by atoms with Gasteiger partial charge in [-0.1, -0.05) is 0 Å². The number of hydrogen-bond acceptors (Lipinski definition) is 2. The number of nitrogens with zero attached hydrogens (tertiary/aromatic N) is 1. The van der Waals surface area contributed by atoms with Crippen LogP contribution in [-0.4, -0.2) is 5.71 Å². The number of hydrogen-bond donors (Lipinski definition) is 1. The lowest BCUT2D eigenvalue weighted by Crippen LogP contribution is -1.92. The molecular weight excluding hydrogens is 155 g/mol. The first-order chi connectivity index (χ1) is 5.68. The number of rotatable bonds is 2. The molecule has 0 amide bonds. The van der Waals surface area contributed by atoms with Gasteiger partial charge in [0.1, 0.15) is 5.82 Å². The maximum absolute atomic E-state index is 12.4. The van der Waals surface area contributed by atoms with Crippen molar-refractivity contribution in [3.8, 4) is 0 Å². The molecule has 0 aliphatic rings. The van der Waals surface area contributed by atoms with Crippen LogP contribution in [0.1, 0.15) is 13.8 Å². The molecule has 0 aromatic heterocycles. The number of halogens is 1. The predicted octanol–water partition coefficient (Wildman–Crippen LogP) is 2.63. The summed E-state index contributed by atoms with van der Waals surface area (Å²) in [5.74, 6) is -0.238. The summed E-state index contributed by atoms with van der Waals surface area (Å²) in [5.41, 5.74) is 4.51. The topological polar surface area (TPSA) is 24.4 Å². The molecule has 1 rings (SSSR count). The average Bonchev–Trinajstić information content (AvgIpc) is 2.03. The van der Waals surface area contributed by atoms with Gasteiger partial charge in [0.15, 0.2) is 0 Å². The maximum atomic E-state index is 12.4. The zero-order valence-corrected chi connectivity index (χ0v) is 7.13. The Kier molecular flexibility index (Phi) is 2.80. The second-order valence-electron chi connectivity index (χ2n) is 2.68. The zero-order chi connectivity index (χ0) is 8.97. The Morgan fingerprint density at radius 3 is 2.33 bits per heavy atom. The third-order valence-electron chi connectivity index (χ3n) is 1.25. The second-order valence-corrected chi connectivity index (χ2v) is 2.68. The quantitative estimate of drug-likeness (QED) is 0.530. The highest BCUT2D eigenvalue weighted by Crippen LogP contribution is 2.07. The molecule has 2 nitrogen and oxygen atoms in total. The van der Waals surface area contributed by atoms with Gasteiger partial charge in [-0.25, -0.2) is 4.39 Å². The number of hydrazone groups is 1. The summed E-state index contributed by atoms with van der Waals surface area (Å²) in [4.78, 5) is 0. The van der Waals surface area contributed by atoms with Crippen LogP contribution in [0.4, 0.5) is 10.1 Å².